The fourth-order valence-corrected chi connectivity index (χ4v) is 10.1. The molecule has 0 aromatic rings. The Morgan fingerprint density at radius 2 is 0.838 bits per heavy atom. The normalized spacial score (nSPS) is 13.9. The number of ether oxygens (including phenoxy) is 1. The predicted octanol–water partition coefficient (Wildman–Crippen LogP) is 18.9. The molecule has 0 bridgehead atoms. The minimum absolute atomic E-state index is 0.0273. The van der Waals surface area contributed by atoms with E-state index in [2.05, 4.69) is 44.3 Å². The number of allylic oxidation sites excluding steroid dienone is 5. The molecule has 0 fully saturated rings. The van der Waals surface area contributed by atoms with Crippen LogP contribution in [0.2, 0.25) is 0 Å². The molecular weight excluding hydrogens is 940 g/mol. The van der Waals surface area contributed by atoms with Gasteiger partial charge in [0.25, 0.3) is 7.82 Å². The molecule has 3 unspecified atom stereocenters. The van der Waals surface area contributed by atoms with E-state index < -0.39 is 32.5 Å². The van der Waals surface area contributed by atoms with E-state index >= 15 is 0 Å². The van der Waals surface area contributed by atoms with Gasteiger partial charge in [-0.25, -0.2) is 0 Å². The van der Waals surface area contributed by atoms with Crippen molar-refractivity contribution < 1.29 is 37.3 Å². The molecule has 0 aromatic carbocycles. The van der Waals surface area contributed by atoms with Crippen molar-refractivity contribution in [3.63, 3.8) is 0 Å². The monoisotopic (exact) mass is 1060 g/mol. The van der Waals surface area contributed by atoms with Gasteiger partial charge in [-0.15, -0.1) is 0 Å². The maximum Gasteiger partial charge on any atom is 0.306 e. The fourth-order valence-electron chi connectivity index (χ4n) is 9.40. The predicted molar refractivity (Wildman–Crippen MR) is 316 cm³/mol. The largest absolute Gasteiger partial charge is 0.756 e. The van der Waals surface area contributed by atoms with Crippen LogP contribution in [-0.2, 0) is 27.9 Å². The van der Waals surface area contributed by atoms with Crippen molar-refractivity contribution >= 4 is 19.7 Å². The zero-order chi connectivity index (χ0) is 54.3. The molecule has 0 radical (unpaired) electrons. The molecule has 9 nitrogen and oxygen atoms in total. The Morgan fingerprint density at radius 3 is 1.24 bits per heavy atom. The maximum absolute atomic E-state index is 13.5. The van der Waals surface area contributed by atoms with Crippen molar-refractivity contribution in [3.05, 3.63) is 36.5 Å². The third-order valence-electron chi connectivity index (χ3n) is 14.3. The van der Waals surface area contributed by atoms with Gasteiger partial charge in [0, 0.05) is 12.8 Å². The number of amides is 1. The number of esters is 1. The highest BCUT2D eigenvalue weighted by atomic mass is 31.2. The molecule has 0 heterocycles. The van der Waals surface area contributed by atoms with Crippen molar-refractivity contribution in [1.29, 1.82) is 0 Å². The lowest BCUT2D eigenvalue weighted by atomic mass is 10.0. The average molecular weight is 1060 g/mol. The van der Waals surface area contributed by atoms with Crippen LogP contribution < -0.4 is 10.2 Å². The molecule has 0 aliphatic heterocycles. The zero-order valence-electron chi connectivity index (χ0n) is 49.8. The summed E-state index contributed by atoms with van der Waals surface area (Å²) in [4.78, 5) is 39.9. The summed E-state index contributed by atoms with van der Waals surface area (Å²) in [6.45, 7) is 6.83. The van der Waals surface area contributed by atoms with Crippen LogP contribution in [-0.4, -0.2) is 69.4 Å². The summed E-state index contributed by atoms with van der Waals surface area (Å²) in [5.74, 6) is -0.606. The van der Waals surface area contributed by atoms with E-state index in [0.29, 0.717) is 23.9 Å². The minimum atomic E-state index is -4.70. The van der Waals surface area contributed by atoms with Crippen molar-refractivity contribution in [2.24, 2.45) is 0 Å². The van der Waals surface area contributed by atoms with Crippen molar-refractivity contribution in [2.75, 3.05) is 40.9 Å². The Labute approximate surface area is 459 Å². The van der Waals surface area contributed by atoms with E-state index in [-0.39, 0.29) is 18.9 Å². The Morgan fingerprint density at radius 1 is 0.473 bits per heavy atom. The third-order valence-corrected chi connectivity index (χ3v) is 15.3. The molecule has 0 aliphatic rings. The SMILES string of the molecule is CCCCCCCC/C=C\C/C=C/CCC(=O)OC(/C=C\CCCCCCCCCCCC)C(COP(=O)([O-])OCC[N+](C)(C)C)NC(=O)CCCCCCCCCCCCCCCCCCCCCCCCC. The first-order chi connectivity index (χ1) is 35.9. The first-order valence-corrected chi connectivity index (χ1v) is 33.3. The number of phosphoric acid groups is 1. The second kappa shape index (κ2) is 54.6. The number of nitrogens with zero attached hydrogens (tertiary/aromatic N) is 1. The van der Waals surface area contributed by atoms with Crippen LogP contribution in [0, 0.1) is 0 Å². The number of nitrogens with one attached hydrogen (secondary N) is 1. The third kappa shape index (κ3) is 55.0. The summed E-state index contributed by atoms with van der Waals surface area (Å²) >= 11 is 0. The molecule has 10 heteroatoms. The van der Waals surface area contributed by atoms with Gasteiger partial charge in [-0.3, -0.25) is 14.2 Å². The molecule has 0 spiro atoms. The van der Waals surface area contributed by atoms with Crippen LogP contribution in [0.5, 0.6) is 0 Å². The summed E-state index contributed by atoms with van der Waals surface area (Å²) in [5, 5.41) is 3.02. The van der Waals surface area contributed by atoms with E-state index in [1.165, 1.54) is 218 Å². The lowest BCUT2D eigenvalue weighted by Crippen LogP contribution is -2.47. The average Bonchev–Trinajstić information content (AvgIpc) is 3.36. The first kappa shape index (κ1) is 72.2. The number of quaternary nitrogens is 1. The topological polar surface area (TPSA) is 114 Å². The van der Waals surface area contributed by atoms with E-state index in [0.717, 1.165) is 51.4 Å². The number of hydrogen-bond acceptors (Lipinski definition) is 7. The smallest absolute Gasteiger partial charge is 0.306 e. The maximum atomic E-state index is 13.5. The number of likely N-dealkylation sites (N-methyl/N-ethyl adjacent to an activating group) is 1. The van der Waals surface area contributed by atoms with Gasteiger partial charge < -0.3 is 28.5 Å². The van der Waals surface area contributed by atoms with Gasteiger partial charge in [0.05, 0.1) is 33.8 Å². The van der Waals surface area contributed by atoms with Crippen LogP contribution in [0.1, 0.15) is 310 Å². The highest BCUT2D eigenvalue weighted by Crippen LogP contribution is 2.38. The van der Waals surface area contributed by atoms with Crippen molar-refractivity contribution in [3.8, 4) is 0 Å². The Bertz CT molecular complexity index is 1360. The lowest BCUT2D eigenvalue weighted by Gasteiger charge is -2.30. The van der Waals surface area contributed by atoms with Gasteiger partial charge in [0.15, 0.2) is 0 Å². The molecule has 74 heavy (non-hydrogen) atoms. The van der Waals surface area contributed by atoms with Crippen LogP contribution in [0.15, 0.2) is 36.5 Å². The Balaban J connectivity index is 5.14. The van der Waals surface area contributed by atoms with Crippen LogP contribution in [0.25, 0.3) is 0 Å². The quantitative estimate of drug-likeness (QED) is 0.0212. The number of unbranched alkanes of at least 4 members (excludes halogenated alkanes) is 38. The standard InChI is InChI=1S/C64H123N2O7P/c1-7-10-13-16-19-22-25-28-29-30-31-32-33-34-35-36-37-39-41-44-47-50-53-56-63(67)65-61(60-72-74(69,70)71-59-58-66(4,5)6)62(55-52-49-46-43-40-27-24-21-18-15-12-9-3)73-64(68)57-54-51-48-45-42-38-26-23-20-17-14-11-8-2/h38,42,48,51-52,55,61-62H,7-37,39-41,43-47,49-50,53-54,56-60H2,1-6H3,(H-,65,67,69,70)/b42-38-,51-48+,55-52-. The molecule has 1 amide bonds. The first-order valence-electron chi connectivity index (χ1n) is 31.8. The fraction of sp³-hybridized carbons (Fsp3) is 0.875. The lowest BCUT2D eigenvalue weighted by molar-refractivity contribution is -0.870. The molecule has 3 atom stereocenters. The molecule has 0 saturated carbocycles. The van der Waals surface area contributed by atoms with Crippen LogP contribution in [0.4, 0.5) is 0 Å². The molecule has 0 aliphatic carbocycles. The summed E-state index contributed by atoms with van der Waals surface area (Å²) in [7, 11) is 1.17. The molecule has 436 valence electrons. The second-order valence-corrected chi connectivity index (χ2v) is 24.3. The minimum Gasteiger partial charge on any atom is -0.756 e. The summed E-state index contributed by atoms with van der Waals surface area (Å²) in [6, 6.07) is -0.906. The van der Waals surface area contributed by atoms with Gasteiger partial charge in [0.1, 0.15) is 19.3 Å². The highest BCUT2D eigenvalue weighted by Gasteiger charge is 2.27. The van der Waals surface area contributed by atoms with Crippen molar-refractivity contribution in [1.82, 2.24) is 5.32 Å². The Hall–Kier alpha value is -1.77. The van der Waals surface area contributed by atoms with E-state index in [9.17, 15) is 19.0 Å². The molecular formula is C64H123N2O7P. The van der Waals surface area contributed by atoms with Gasteiger partial charge in [-0.05, 0) is 51.0 Å². The van der Waals surface area contributed by atoms with Crippen molar-refractivity contribution in [2.45, 2.75) is 322 Å². The number of phosphoric ester groups is 1. The number of carbonyl (C=O) groups excluding carboxylic acids is 2. The summed E-state index contributed by atoms with van der Waals surface area (Å²) < 4.78 is 30.2. The van der Waals surface area contributed by atoms with Crippen LogP contribution >= 0.6 is 7.82 Å². The number of carbonyl (C=O) groups is 2. The van der Waals surface area contributed by atoms with Gasteiger partial charge >= 0.3 is 5.97 Å². The van der Waals surface area contributed by atoms with E-state index in [1.54, 1.807) is 0 Å². The van der Waals surface area contributed by atoms with Gasteiger partial charge in [0.2, 0.25) is 5.91 Å². The van der Waals surface area contributed by atoms with Gasteiger partial charge in [-0.1, -0.05) is 282 Å². The summed E-state index contributed by atoms with van der Waals surface area (Å²) in [5.41, 5.74) is 0. The number of hydrogen-bond donors (Lipinski definition) is 1. The Kier molecular flexibility index (Phi) is 53.3. The molecule has 1 N–H and O–H groups in total. The molecule has 0 saturated heterocycles. The van der Waals surface area contributed by atoms with Crippen LogP contribution in [0.3, 0.4) is 0 Å². The number of rotatable bonds is 58. The second-order valence-electron chi connectivity index (χ2n) is 22.9. The zero-order valence-corrected chi connectivity index (χ0v) is 50.7. The highest BCUT2D eigenvalue weighted by molar-refractivity contribution is 7.45. The van der Waals surface area contributed by atoms with E-state index in [4.69, 9.17) is 13.8 Å². The summed E-state index contributed by atoms with van der Waals surface area (Å²) in [6.07, 6.45) is 65.7. The van der Waals surface area contributed by atoms with E-state index in [1.807, 2.05) is 39.4 Å². The molecule has 0 aromatic heterocycles. The van der Waals surface area contributed by atoms with Gasteiger partial charge in [-0.2, -0.15) is 0 Å². The molecule has 0 rings (SSSR count).